The lowest BCUT2D eigenvalue weighted by Crippen LogP contribution is -2.38. The summed E-state index contributed by atoms with van der Waals surface area (Å²) in [5.41, 5.74) is 3.53. The zero-order chi connectivity index (χ0) is 22.3. The number of para-hydroxylation sites is 3. The fraction of sp³-hybridized carbons (Fsp3) is 0.364. The fourth-order valence-electron chi connectivity index (χ4n) is 3.39. The number of aliphatic imine (C=N–C) groups is 1. The number of fused-ring (bicyclic) bond motifs is 1. The number of imidazole rings is 1. The molecule has 31 heavy (non-hydrogen) atoms. The number of aryl methyl sites for hydroxylation is 2. The van der Waals surface area contributed by atoms with Crippen molar-refractivity contribution in [1.29, 1.82) is 0 Å². The van der Waals surface area contributed by atoms with Crippen LogP contribution in [0.15, 0.2) is 53.5 Å². The van der Waals surface area contributed by atoms with Crippen LogP contribution < -0.4 is 15.4 Å². The van der Waals surface area contributed by atoms with E-state index in [-0.39, 0.29) is 0 Å². The zero-order valence-corrected chi connectivity index (χ0v) is 19.0. The zero-order valence-electron chi connectivity index (χ0n) is 18.2. The van der Waals surface area contributed by atoms with Crippen LogP contribution in [0.5, 0.6) is 0 Å². The van der Waals surface area contributed by atoms with Crippen LogP contribution in [0.4, 0.5) is 5.69 Å². The molecule has 166 valence electrons. The Kier molecular flexibility index (Phi) is 7.51. The van der Waals surface area contributed by atoms with Gasteiger partial charge < -0.3 is 15.2 Å². The maximum Gasteiger partial charge on any atom is 0.229 e. The number of sulfonamides is 1. The van der Waals surface area contributed by atoms with Crippen molar-refractivity contribution in [3.8, 4) is 0 Å². The van der Waals surface area contributed by atoms with E-state index in [4.69, 9.17) is 0 Å². The Morgan fingerprint density at radius 1 is 1.10 bits per heavy atom. The quantitative estimate of drug-likeness (QED) is 0.269. The number of guanidine groups is 1. The van der Waals surface area contributed by atoms with E-state index in [1.54, 1.807) is 12.1 Å². The maximum atomic E-state index is 11.6. The molecule has 0 bridgehead atoms. The van der Waals surface area contributed by atoms with Gasteiger partial charge in [0, 0.05) is 19.6 Å². The molecule has 0 unspecified atom stereocenters. The van der Waals surface area contributed by atoms with E-state index in [9.17, 15) is 8.42 Å². The molecule has 9 heteroatoms. The summed E-state index contributed by atoms with van der Waals surface area (Å²) in [6.07, 6.45) is 2.06. The minimum absolute atomic E-state index is 0.360. The van der Waals surface area contributed by atoms with E-state index in [0.29, 0.717) is 18.2 Å². The molecule has 0 saturated carbocycles. The van der Waals surface area contributed by atoms with Crippen LogP contribution in [0.2, 0.25) is 0 Å². The smallest absolute Gasteiger partial charge is 0.229 e. The molecule has 2 aromatic carbocycles. The first-order chi connectivity index (χ1) is 14.9. The van der Waals surface area contributed by atoms with Gasteiger partial charge in [-0.05, 0) is 44.0 Å². The standard InChI is InChI=1S/C22H30N6O2S/c1-4-23-22(25-16-18-10-5-6-11-19(18)27-31(3,29)30)24-14-9-15-28-17(2)26-20-12-7-8-13-21(20)28/h5-8,10-13,27H,4,9,14-16H2,1-3H3,(H2,23,24,25). The van der Waals surface area contributed by atoms with Gasteiger partial charge >= 0.3 is 0 Å². The van der Waals surface area contributed by atoms with Crippen molar-refractivity contribution in [2.45, 2.75) is 33.4 Å². The van der Waals surface area contributed by atoms with Gasteiger partial charge in [0.25, 0.3) is 0 Å². The number of anilines is 1. The summed E-state index contributed by atoms with van der Waals surface area (Å²) in [4.78, 5) is 9.23. The molecule has 0 fully saturated rings. The summed E-state index contributed by atoms with van der Waals surface area (Å²) in [6, 6.07) is 15.4. The molecule has 0 aliphatic rings. The molecule has 0 atom stereocenters. The third-order valence-corrected chi connectivity index (χ3v) is 5.35. The second-order valence-corrected chi connectivity index (χ2v) is 9.05. The largest absolute Gasteiger partial charge is 0.357 e. The molecule has 0 amide bonds. The van der Waals surface area contributed by atoms with Crippen molar-refractivity contribution in [2.75, 3.05) is 24.1 Å². The van der Waals surface area contributed by atoms with E-state index >= 15 is 0 Å². The van der Waals surface area contributed by atoms with E-state index in [1.165, 1.54) is 0 Å². The lowest BCUT2D eigenvalue weighted by Gasteiger charge is -2.13. The third kappa shape index (κ3) is 6.45. The summed E-state index contributed by atoms with van der Waals surface area (Å²) in [6.45, 7) is 6.75. The molecule has 0 aliphatic carbocycles. The highest BCUT2D eigenvalue weighted by Crippen LogP contribution is 2.17. The molecular formula is C22H30N6O2S. The molecule has 8 nitrogen and oxygen atoms in total. The Morgan fingerprint density at radius 3 is 2.61 bits per heavy atom. The Labute approximate surface area is 183 Å². The van der Waals surface area contributed by atoms with Gasteiger partial charge in [-0.15, -0.1) is 0 Å². The Morgan fingerprint density at radius 2 is 1.84 bits per heavy atom. The van der Waals surface area contributed by atoms with Crippen LogP contribution in [-0.4, -0.2) is 43.3 Å². The van der Waals surface area contributed by atoms with Gasteiger partial charge in [-0.1, -0.05) is 30.3 Å². The highest BCUT2D eigenvalue weighted by Gasteiger charge is 2.08. The highest BCUT2D eigenvalue weighted by molar-refractivity contribution is 7.92. The SMILES string of the molecule is CCNC(=NCc1ccccc1NS(C)(=O)=O)NCCCn1c(C)nc2ccccc21. The first-order valence-electron chi connectivity index (χ1n) is 10.4. The van der Waals surface area contributed by atoms with Gasteiger partial charge in [0.05, 0.1) is 29.5 Å². The molecule has 0 aliphatic heterocycles. The van der Waals surface area contributed by atoms with Gasteiger partial charge in [-0.3, -0.25) is 4.72 Å². The normalized spacial score (nSPS) is 12.2. The van der Waals surface area contributed by atoms with Crippen molar-refractivity contribution in [1.82, 2.24) is 20.2 Å². The molecule has 1 aromatic heterocycles. The number of hydrogen-bond acceptors (Lipinski definition) is 4. The number of benzene rings is 2. The lowest BCUT2D eigenvalue weighted by atomic mass is 10.2. The summed E-state index contributed by atoms with van der Waals surface area (Å²) in [7, 11) is -3.34. The summed E-state index contributed by atoms with van der Waals surface area (Å²) < 4.78 is 28.0. The molecule has 3 rings (SSSR count). The van der Waals surface area contributed by atoms with E-state index in [0.717, 1.165) is 54.7 Å². The summed E-state index contributed by atoms with van der Waals surface area (Å²) in [5.74, 6) is 1.71. The van der Waals surface area contributed by atoms with Crippen molar-refractivity contribution in [3.63, 3.8) is 0 Å². The minimum Gasteiger partial charge on any atom is -0.357 e. The molecule has 0 spiro atoms. The lowest BCUT2D eigenvalue weighted by molar-refractivity contribution is 0.606. The second-order valence-electron chi connectivity index (χ2n) is 7.31. The first kappa shape index (κ1) is 22.6. The Balaban J connectivity index is 1.60. The van der Waals surface area contributed by atoms with Crippen molar-refractivity contribution in [2.24, 2.45) is 4.99 Å². The highest BCUT2D eigenvalue weighted by atomic mass is 32.2. The third-order valence-electron chi connectivity index (χ3n) is 4.76. The molecular weight excluding hydrogens is 412 g/mol. The predicted molar refractivity (Wildman–Crippen MR) is 127 cm³/mol. The monoisotopic (exact) mass is 442 g/mol. The molecule has 3 N–H and O–H groups in total. The first-order valence-corrected chi connectivity index (χ1v) is 12.3. The topological polar surface area (TPSA) is 100 Å². The number of nitrogens with one attached hydrogen (secondary N) is 3. The van der Waals surface area contributed by atoms with Crippen molar-refractivity contribution >= 4 is 32.7 Å². The van der Waals surface area contributed by atoms with Crippen LogP contribution in [0, 0.1) is 6.92 Å². The number of aromatic nitrogens is 2. The van der Waals surface area contributed by atoms with Gasteiger partial charge in [-0.25, -0.2) is 18.4 Å². The predicted octanol–water partition coefficient (Wildman–Crippen LogP) is 2.86. The summed E-state index contributed by atoms with van der Waals surface area (Å²) in [5, 5.41) is 6.59. The van der Waals surface area contributed by atoms with Gasteiger partial charge in [-0.2, -0.15) is 0 Å². The molecule has 0 radical (unpaired) electrons. The van der Waals surface area contributed by atoms with Crippen LogP contribution >= 0.6 is 0 Å². The second kappa shape index (κ2) is 10.3. The number of rotatable bonds is 9. The Hall–Kier alpha value is -3.07. The fourth-order valence-corrected chi connectivity index (χ4v) is 3.98. The average molecular weight is 443 g/mol. The van der Waals surface area contributed by atoms with Crippen molar-refractivity contribution < 1.29 is 8.42 Å². The number of nitrogens with zero attached hydrogens (tertiary/aromatic N) is 3. The van der Waals surface area contributed by atoms with Crippen LogP contribution in [0.1, 0.15) is 24.7 Å². The number of hydrogen-bond donors (Lipinski definition) is 3. The van der Waals surface area contributed by atoms with Gasteiger partial charge in [0.15, 0.2) is 5.96 Å². The van der Waals surface area contributed by atoms with E-state index < -0.39 is 10.0 Å². The average Bonchev–Trinajstić information content (AvgIpc) is 3.04. The molecule has 3 aromatic rings. The van der Waals surface area contributed by atoms with Crippen molar-refractivity contribution in [3.05, 3.63) is 59.9 Å². The van der Waals surface area contributed by atoms with E-state index in [1.807, 2.05) is 44.2 Å². The maximum absolute atomic E-state index is 11.6. The summed E-state index contributed by atoms with van der Waals surface area (Å²) >= 11 is 0. The van der Waals surface area contributed by atoms with Gasteiger partial charge in [0.2, 0.25) is 10.0 Å². The van der Waals surface area contributed by atoms with Crippen LogP contribution in [-0.2, 0) is 23.1 Å². The van der Waals surface area contributed by atoms with Crippen LogP contribution in [0.3, 0.4) is 0 Å². The minimum atomic E-state index is -3.34. The van der Waals surface area contributed by atoms with Crippen LogP contribution in [0.25, 0.3) is 11.0 Å². The van der Waals surface area contributed by atoms with Gasteiger partial charge in [0.1, 0.15) is 5.82 Å². The van der Waals surface area contributed by atoms with E-state index in [2.05, 4.69) is 36.0 Å². The molecule has 1 heterocycles. The molecule has 0 saturated heterocycles. The Bertz CT molecular complexity index is 1150.